The Hall–Kier alpha value is -3.70. The first kappa shape index (κ1) is 18.3. The number of fused-ring (bicyclic) bond motifs is 3. The van der Waals surface area contributed by atoms with Crippen molar-refractivity contribution < 1.29 is 4.39 Å². The number of nitriles is 1. The van der Waals surface area contributed by atoms with Crippen molar-refractivity contribution in [3.05, 3.63) is 48.2 Å². The molecular weight excluding hydrogens is 381 g/mol. The van der Waals surface area contributed by atoms with Gasteiger partial charge in [-0.25, -0.2) is 9.37 Å². The maximum atomic E-state index is 14.4. The van der Waals surface area contributed by atoms with Crippen LogP contribution in [0.1, 0.15) is 12.0 Å². The lowest BCUT2D eigenvalue weighted by atomic mass is 10.0. The molecule has 0 amide bonds. The van der Waals surface area contributed by atoms with Gasteiger partial charge >= 0.3 is 0 Å². The van der Waals surface area contributed by atoms with Crippen molar-refractivity contribution in [1.82, 2.24) is 15.0 Å². The van der Waals surface area contributed by atoms with Gasteiger partial charge in [-0.05, 0) is 24.6 Å². The number of anilines is 2. The zero-order valence-electron chi connectivity index (χ0n) is 16.4. The van der Waals surface area contributed by atoms with Crippen molar-refractivity contribution >= 4 is 33.3 Å². The molecule has 1 aliphatic heterocycles. The number of pyridine rings is 2. The maximum Gasteiger partial charge on any atom is 0.140 e. The van der Waals surface area contributed by atoms with Gasteiger partial charge in [0.2, 0.25) is 0 Å². The van der Waals surface area contributed by atoms with E-state index in [4.69, 9.17) is 5.73 Å². The molecule has 3 aromatic heterocycles. The molecule has 4 aromatic rings. The average Bonchev–Trinajstić information content (AvgIpc) is 3.36. The second-order valence-electron chi connectivity index (χ2n) is 7.56. The molecule has 1 unspecified atom stereocenters. The van der Waals surface area contributed by atoms with Gasteiger partial charge in [0.15, 0.2) is 0 Å². The van der Waals surface area contributed by atoms with E-state index in [9.17, 15) is 9.65 Å². The van der Waals surface area contributed by atoms with Gasteiger partial charge in [-0.15, -0.1) is 0 Å². The van der Waals surface area contributed by atoms with Gasteiger partial charge in [0.25, 0.3) is 0 Å². The predicted molar refractivity (Wildman–Crippen MR) is 116 cm³/mol. The van der Waals surface area contributed by atoms with Gasteiger partial charge in [0.1, 0.15) is 17.5 Å². The monoisotopic (exact) mass is 401 g/mol. The number of aromatic nitrogens is 3. The molecule has 0 bridgehead atoms. The Morgan fingerprint density at radius 2 is 2.17 bits per heavy atom. The van der Waals surface area contributed by atoms with E-state index in [1.54, 1.807) is 25.5 Å². The van der Waals surface area contributed by atoms with Gasteiger partial charge in [-0.2, -0.15) is 5.26 Å². The number of nitrogens with one attached hydrogen (secondary N) is 2. The van der Waals surface area contributed by atoms with Gasteiger partial charge in [-0.1, -0.05) is 0 Å². The Kier molecular flexibility index (Phi) is 4.26. The maximum absolute atomic E-state index is 14.4. The third kappa shape index (κ3) is 2.83. The molecule has 0 radical (unpaired) electrons. The van der Waals surface area contributed by atoms with Crippen LogP contribution in [0.3, 0.4) is 0 Å². The van der Waals surface area contributed by atoms with E-state index in [0.717, 1.165) is 46.1 Å². The molecule has 8 heteroatoms. The van der Waals surface area contributed by atoms with Crippen LogP contribution >= 0.6 is 0 Å². The van der Waals surface area contributed by atoms with Crippen molar-refractivity contribution in [2.75, 3.05) is 30.4 Å². The van der Waals surface area contributed by atoms with Gasteiger partial charge in [0.05, 0.1) is 27.8 Å². The van der Waals surface area contributed by atoms with E-state index in [-0.39, 0.29) is 11.9 Å². The topological polar surface area (TPSA) is 107 Å². The van der Waals surface area contributed by atoms with E-state index in [2.05, 4.69) is 31.2 Å². The summed E-state index contributed by atoms with van der Waals surface area (Å²) in [5.41, 5.74) is 11.4. The van der Waals surface area contributed by atoms with Crippen LogP contribution in [0, 0.1) is 17.1 Å². The van der Waals surface area contributed by atoms with E-state index >= 15 is 0 Å². The van der Waals surface area contributed by atoms with Crippen LogP contribution in [0.5, 0.6) is 0 Å². The van der Waals surface area contributed by atoms with Gasteiger partial charge < -0.3 is 20.9 Å². The molecule has 4 heterocycles. The number of nitrogens with zero attached hydrogens (tertiary/aromatic N) is 4. The van der Waals surface area contributed by atoms with E-state index in [1.807, 2.05) is 0 Å². The zero-order chi connectivity index (χ0) is 20.8. The molecular formula is C22H20FN7. The smallest absolute Gasteiger partial charge is 0.140 e. The van der Waals surface area contributed by atoms with Crippen molar-refractivity contribution in [3.8, 4) is 17.2 Å². The first-order valence-corrected chi connectivity index (χ1v) is 9.76. The molecule has 4 N–H and O–H groups in total. The lowest BCUT2D eigenvalue weighted by Crippen LogP contribution is -2.26. The summed E-state index contributed by atoms with van der Waals surface area (Å²) in [5.74, 6) is -0.324. The van der Waals surface area contributed by atoms with E-state index in [1.165, 1.54) is 18.3 Å². The summed E-state index contributed by atoms with van der Waals surface area (Å²) in [4.78, 5) is 14.4. The predicted octanol–water partition coefficient (Wildman–Crippen LogP) is 3.37. The van der Waals surface area contributed by atoms with Crippen LogP contribution in [-0.2, 0) is 0 Å². The normalized spacial score (nSPS) is 16.3. The van der Waals surface area contributed by atoms with E-state index in [0.29, 0.717) is 23.4 Å². The minimum Gasteiger partial charge on any atom is -0.386 e. The average molecular weight is 401 g/mol. The largest absolute Gasteiger partial charge is 0.386 e. The lowest BCUT2D eigenvalue weighted by Gasteiger charge is -2.23. The number of halogens is 1. The van der Waals surface area contributed by atoms with Crippen LogP contribution in [0.4, 0.5) is 15.8 Å². The highest BCUT2D eigenvalue weighted by Gasteiger charge is 2.27. The van der Waals surface area contributed by atoms with Crippen molar-refractivity contribution in [1.29, 1.82) is 5.26 Å². The molecule has 1 saturated heterocycles. The van der Waals surface area contributed by atoms with Crippen molar-refractivity contribution in [2.24, 2.45) is 5.73 Å². The fourth-order valence-corrected chi connectivity index (χ4v) is 4.28. The lowest BCUT2D eigenvalue weighted by molar-refractivity contribution is 0.630. The third-order valence-corrected chi connectivity index (χ3v) is 5.66. The highest BCUT2D eigenvalue weighted by Crippen LogP contribution is 2.42. The number of nitrogens with two attached hydrogens (primary N) is 1. The number of hydrogen-bond acceptors (Lipinski definition) is 6. The molecule has 150 valence electrons. The second kappa shape index (κ2) is 6.97. The van der Waals surface area contributed by atoms with Crippen molar-refractivity contribution in [3.63, 3.8) is 0 Å². The number of hydrogen-bond donors (Lipinski definition) is 3. The molecule has 5 rings (SSSR count). The SMILES string of the molecule is CNc1cc(F)cc2c1[nH]c1ncc(-c3cncc(C#N)c3)c(N3CCC(N)C3)c12. The highest BCUT2D eigenvalue weighted by atomic mass is 19.1. The Morgan fingerprint density at radius 3 is 2.90 bits per heavy atom. The Morgan fingerprint density at radius 1 is 1.30 bits per heavy atom. The molecule has 0 spiro atoms. The van der Waals surface area contributed by atoms with Crippen LogP contribution in [-0.4, -0.2) is 41.1 Å². The van der Waals surface area contributed by atoms with Crippen LogP contribution < -0.4 is 16.0 Å². The van der Waals surface area contributed by atoms with Gasteiger partial charge in [-0.3, -0.25) is 4.98 Å². The molecule has 0 aliphatic carbocycles. The summed E-state index contributed by atoms with van der Waals surface area (Å²) >= 11 is 0. The summed E-state index contributed by atoms with van der Waals surface area (Å²) in [6.07, 6.45) is 5.90. The summed E-state index contributed by atoms with van der Waals surface area (Å²) in [5, 5.41) is 14.0. The molecule has 1 aromatic carbocycles. The number of H-pyrrole nitrogens is 1. The van der Waals surface area contributed by atoms with Gasteiger partial charge in [0, 0.05) is 61.3 Å². The summed E-state index contributed by atoms with van der Waals surface area (Å²) in [6.45, 7) is 1.48. The minimum absolute atomic E-state index is 0.0689. The first-order valence-electron chi connectivity index (χ1n) is 9.76. The second-order valence-corrected chi connectivity index (χ2v) is 7.56. The molecule has 7 nitrogen and oxygen atoms in total. The summed E-state index contributed by atoms with van der Waals surface area (Å²) in [7, 11) is 1.76. The third-order valence-electron chi connectivity index (χ3n) is 5.66. The van der Waals surface area contributed by atoms with Crippen molar-refractivity contribution in [2.45, 2.75) is 12.5 Å². The number of aromatic amines is 1. The summed E-state index contributed by atoms with van der Waals surface area (Å²) in [6, 6.07) is 7.00. The Bertz CT molecular complexity index is 1320. The zero-order valence-corrected chi connectivity index (χ0v) is 16.4. The fourth-order valence-electron chi connectivity index (χ4n) is 4.28. The number of benzene rings is 1. The highest BCUT2D eigenvalue weighted by molar-refractivity contribution is 6.17. The molecule has 1 atom stereocenters. The Balaban J connectivity index is 1.87. The summed E-state index contributed by atoms with van der Waals surface area (Å²) < 4.78 is 14.4. The molecule has 0 saturated carbocycles. The minimum atomic E-state index is -0.324. The fraction of sp³-hybridized carbons (Fsp3) is 0.227. The molecule has 1 aliphatic rings. The number of rotatable bonds is 3. The molecule has 30 heavy (non-hydrogen) atoms. The molecule has 1 fully saturated rings. The van der Waals surface area contributed by atoms with E-state index < -0.39 is 0 Å². The van der Waals surface area contributed by atoms with Crippen LogP contribution in [0.25, 0.3) is 33.1 Å². The van der Waals surface area contributed by atoms with Crippen LogP contribution in [0.15, 0.2) is 36.8 Å². The quantitative estimate of drug-likeness (QED) is 0.486. The Labute approximate surface area is 172 Å². The van der Waals surface area contributed by atoms with Crippen LogP contribution in [0.2, 0.25) is 0 Å². The first-order chi connectivity index (χ1) is 14.6. The standard InChI is InChI=1S/C22H20FN7/c1-26-18-6-14(23)5-16-19-21(30-3-2-15(25)11-30)17(10-28-22(19)29-20(16)18)13-4-12(7-24)8-27-9-13/h4-6,8-10,15,26H,2-3,11,25H2,1H3,(H,28,29).